The van der Waals surface area contributed by atoms with Gasteiger partial charge in [-0.3, -0.25) is 14.7 Å². The van der Waals surface area contributed by atoms with Crippen LogP contribution in [0, 0.1) is 0 Å². The van der Waals surface area contributed by atoms with Gasteiger partial charge in [0.2, 0.25) is 0 Å². The summed E-state index contributed by atoms with van der Waals surface area (Å²) in [4.78, 5) is 22.4. The van der Waals surface area contributed by atoms with Crippen molar-refractivity contribution in [1.29, 1.82) is 0 Å². The lowest BCUT2D eigenvalue weighted by Crippen LogP contribution is -2.43. The van der Waals surface area contributed by atoms with Crippen LogP contribution in [0.5, 0.6) is 0 Å². The summed E-state index contributed by atoms with van der Waals surface area (Å²) in [5.74, 6) is -0.254. The first kappa shape index (κ1) is 14.1. The second kappa shape index (κ2) is 6.30. The number of nitrogens with one attached hydrogen (secondary N) is 1. The second-order valence-electron chi connectivity index (χ2n) is 4.98. The van der Waals surface area contributed by atoms with E-state index in [1.165, 1.54) is 0 Å². The Morgan fingerprint density at radius 2 is 2.29 bits per heavy atom. The number of likely N-dealkylation sites (tertiary alicyclic amines) is 1. The Morgan fingerprint density at radius 3 is 3.00 bits per heavy atom. The smallest absolute Gasteiger partial charge is 0.270 e. The quantitative estimate of drug-likeness (QED) is 0.861. The molecule has 1 aliphatic heterocycles. The Balaban J connectivity index is 1.58. The molecule has 0 bridgehead atoms. The molecule has 6 nitrogen and oxygen atoms in total. The number of aliphatic hydroxyl groups is 1. The Bertz CT molecular complexity index is 590. The van der Waals surface area contributed by atoms with E-state index in [-0.39, 0.29) is 11.9 Å². The van der Waals surface area contributed by atoms with Gasteiger partial charge in [0.15, 0.2) is 0 Å². The molecule has 1 amide bonds. The number of nitrogens with zero attached hydrogens (tertiary/aromatic N) is 3. The molecule has 110 valence electrons. The first-order valence-corrected chi connectivity index (χ1v) is 7.61. The number of aliphatic hydroxyl groups excluding tert-OH is 1. The minimum absolute atomic E-state index is 0.254. The van der Waals surface area contributed by atoms with E-state index in [4.69, 9.17) is 0 Å². The predicted molar refractivity (Wildman–Crippen MR) is 78.9 cm³/mol. The number of aromatic nitrogens is 2. The molecule has 0 aromatic carbocycles. The van der Waals surface area contributed by atoms with Gasteiger partial charge in [-0.15, -0.1) is 11.3 Å². The third-order valence-electron chi connectivity index (χ3n) is 3.42. The van der Waals surface area contributed by atoms with Gasteiger partial charge in [0, 0.05) is 30.9 Å². The maximum atomic E-state index is 12.1. The first-order chi connectivity index (χ1) is 10.2. The molecule has 0 aliphatic carbocycles. The second-order valence-corrected chi connectivity index (χ2v) is 5.96. The highest BCUT2D eigenvalue weighted by Crippen LogP contribution is 2.15. The summed E-state index contributed by atoms with van der Waals surface area (Å²) >= 11 is 1.59. The predicted octanol–water partition coefficient (Wildman–Crippen LogP) is 0.513. The molecular weight excluding hydrogens is 288 g/mol. The van der Waals surface area contributed by atoms with Gasteiger partial charge in [0.25, 0.3) is 5.91 Å². The van der Waals surface area contributed by atoms with Crippen molar-refractivity contribution in [3.05, 3.63) is 46.7 Å². The topological polar surface area (TPSA) is 78.4 Å². The van der Waals surface area contributed by atoms with Crippen LogP contribution in [0.4, 0.5) is 0 Å². The molecule has 7 heteroatoms. The Hall–Kier alpha value is -1.83. The third-order valence-corrected chi connectivity index (χ3v) is 4.19. The molecule has 3 rings (SSSR count). The van der Waals surface area contributed by atoms with Crippen LogP contribution in [-0.4, -0.2) is 51.1 Å². The average molecular weight is 304 g/mol. The normalized spacial score (nSPS) is 22.3. The fourth-order valence-corrected chi connectivity index (χ4v) is 3.06. The van der Waals surface area contributed by atoms with Gasteiger partial charge >= 0.3 is 0 Å². The number of β-amino-alcohol motifs (C(OH)–C–C–N with tert-alkyl or cyclic N) is 1. The first-order valence-electron chi connectivity index (χ1n) is 6.73. The number of hydrogen-bond donors (Lipinski definition) is 2. The molecule has 2 atom stereocenters. The highest BCUT2D eigenvalue weighted by atomic mass is 32.1. The van der Waals surface area contributed by atoms with Crippen molar-refractivity contribution in [1.82, 2.24) is 20.2 Å². The van der Waals surface area contributed by atoms with Crippen LogP contribution in [0.3, 0.4) is 0 Å². The van der Waals surface area contributed by atoms with E-state index >= 15 is 0 Å². The number of carbonyl (C=O) groups is 1. The van der Waals surface area contributed by atoms with E-state index in [1.54, 1.807) is 41.9 Å². The van der Waals surface area contributed by atoms with Crippen LogP contribution in [-0.2, 0) is 6.54 Å². The molecule has 0 radical (unpaired) electrons. The van der Waals surface area contributed by atoms with Crippen molar-refractivity contribution in [3.8, 4) is 0 Å². The van der Waals surface area contributed by atoms with E-state index in [2.05, 4.69) is 20.2 Å². The fraction of sp³-hybridized carbons (Fsp3) is 0.357. The monoisotopic (exact) mass is 304 g/mol. The fourth-order valence-electron chi connectivity index (χ4n) is 2.40. The van der Waals surface area contributed by atoms with Crippen LogP contribution in [0.15, 0.2) is 36.0 Å². The van der Waals surface area contributed by atoms with Crippen LogP contribution in [0.25, 0.3) is 0 Å². The number of pyridine rings is 1. The number of hydrogen-bond acceptors (Lipinski definition) is 6. The van der Waals surface area contributed by atoms with E-state index in [9.17, 15) is 9.90 Å². The van der Waals surface area contributed by atoms with Crippen molar-refractivity contribution in [2.75, 3.05) is 13.1 Å². The summed E-state index contributed by atoms with van der Waals surface area (Å²) < 4.78 is 0. The zero-order valence-electron chi connectivity index (χ0n) is 11.3. The lowest BCUT2D eigenvalue weighted by Gasteiger charge is -2.15. The zero-order valence-corrected chi connectivity index (χ0v) is 12.2. The highest BCUT2D eigenvalue weighted by Gasteiger charge is 2.32. The summed E-state index contributed by atoms with van der Waals surface area (Å²) in [7, 11) is 0. The largest absolute Gasteiger partial charge is 0.390 e. The van der Waals surface area contributed by atoms with Crippen molar-refractivity contribution < 1.29 is 9.90 Å². The lowest BCUT2D eigenvalue weighted by molar-refractivity contribution is 0.0883. The number of rotatable bonds is 4. The van der Waals surface area contributed by atoms with Gasteiger partial charge in [0.05, 0.1) is 18.7 Å². The summed E-state index contributed by atoms with van der Waals surface area (Å²) in [5, 5.41) is 15.9. The van der Waals surface area contributed by atoms with Gasteiger partial charge in [-0.25, -0.2) is 4.98 Å². The molecule has 2 aromatic heterocycles. The Labute approximate surface area is 126 Å². The SMILES string of the molecule is O=C(N[C@@H]1CN(Cc2nccs2)C[C@H]1O)c1ccccn1. The molecule has 0 spiro atoms. The lowest BCUT2D eigenvalue weighted by atomic mass is 10.2. The standard InChI is InChI=1S/C14H16N4O2S/c19-12-8-18(9-13-16-5-6-21-13)7-11(12)17-14(20)10-3-1-2-4-15-10/h1-6,11-12,19H,7-9H2,(H,17,20)/t11-,12-/m1/s1. The van der Waals surface area contributed by atoms with Crippen LogP contribution in [0.1, 0.15) is 15.5 Å². The van der Waals surface area contributed by atoms with Crippen molar-refractivity contribution in [2.24, 2.45) is 0 Å². The van der Waals surface area contributed by atoms with Gasteiger partial charge in [-0.2, -0.15) is 0 Å². The maximum absolute atomic E-state index is 12.1. The van der Waals surface area contributed by atoms with Gasteiger partial charge in [-0.05, 0) is 12.1 Å². The average Bonchev–Trinajstić information content (AvgIpc) is 3.11. The van der Waals surface area contributed by atoms with Crippen LogP contribution < -0.4 is 5.32 Å². The molecule has 0 unspecified atom stereocenters. The van der Waals surface area contributed by atoms with E-state index < -0.39 is 6.10 Å². The Kier molecular flexibility index (Phi) is 4.23. The molecular formula is C14H16N4O2S. The maximum Gasteiger partial charge on any atom is 0.270 e. The van der Waals surface area contributed by atoms with Gasteiger partial charge < -0.3 is 10.4 Å². The van der Waals surface area contributed by atoms with E-state index in [1.807, 2.05) is 5.38 Å². The number of carbonyl (C=O) groups excluding carboxylic acids is 1. The van der Waals surface area contributed by atoms with Crippen molar-refractivity contribution >= 4 is 17.2 Å². The molecule has 1 fully saturated rings. The number of amides is 1. The molecule has 2 aromatic rings. The summed E-state index contributed by atoms with van der Waals surface area (Å²) in [6.45, 7) is 1.84. The minimum Gasteiger partial charge on any atom is -0.390 e. The number of thiazole rings is 1. The Morgan fingerprint density at radius 1 is 1.38 bits per heavy atom. The minimum atomic E-state index is -0.572. The molecule has 1 aliphatic rings. The summed E-state index contributed by atoms with van der Waals surface area (Å²) in [5.41, 5.74) is 0.364. The van der Waals surface area contributed by atoms with E-state index in [0.29, 0.717) is 25.3 Å². The van der Waals surface area contributed by atoms with Crippen LogP contribution in [0.2, 0.25) is 0 Å². The highest BCUT2D eigenvalue weighted by molar-refractivity contribution is 7.09. The third kappa shape index (κ3) is 3.44. The molecule has 3 heterocycles. The van der Waals surface area contributed by atoms with Crippen LogP contribution >= 0.6 is 11.3 Å². The van der Waals surface area contributed by atoms with Gasteiger partial charge in [-0.1, -0.05) is 6.07 Å². The van der Waals surface area contributed by atoms with E-state index in [0.717, 1.165) is 5.01 Å². The van der Waals surface area contributed by atoms with Crippen molar-refractivity contribution in [2.45, 2.75) is 18.7 Å². The molecule has 0 saturated carbocycles. The molecule has 2 N–H and O–H groups in total. The zero-order chi connectivity index (χ0) is 14.7. The molecule has 21 heavy (non-hydrogen) atoms. The van der Waals surface area contributed by atoms with Crippen molar-refractivity contribution in [3.63, 3.8) is 0 Å². The summed E-state index contributed by atoms with van der Waals surface area (Å²) in [6, 6.07) is 4.90. The van der Waals surface area contributed by atoms with Gasteiger partial charge in [0.1, 0.15) is 10.7 Å². The summed E-state index contributed by atoms with van der Waals surface area (Å²) in [6.07, 6.45) is 2.78. The molecule has 1 saturated heterocycles.